The molecule has 0 atom stereocenters. The van der Waals surface area contributed by atoms with Gasteiger partial charge in [-0.15, -0.1) is 11.3 Å². The molecule has 15 nitrogen and oxygen atoms in total. The topological polar surface area (TPSA) is 163 Å². The summed E-state index contributed by atoms with van der Waals surface area (Å²) in [5.41, 5.74) is 15.2. The van der Waals surface area contributed by atoms with E-state index < -0.39 is 0 Å². The van der Waals surface area contributed by atoms with Crippen molar-refractivity contribution in [1.82, 2.24) is 24.3 Å². The van der Waals surface area contributed by atoms with Gasteiger partial charge in [0.1, 0.15) is 11.3 Å². The van der Waals surface area contributed by atoms with Crippen LogP contribution in [0.15, 0.2) is 6.07 Å². The number of nitrogens with zero attached hydrogens (tertiary/aromatic N) is 5. The molecule has 5 rings (SSSR count). The number of piperidine rings is 2. The fraction of sp³-hybridized carbons (Fsp3) is 0.818. The molecule has 0 spiro atoms. The molecule has 4 N–H and O–H groups in total. The first-order chi connectivity index (χ1) is 29.6. The Kier molecular flexibility index (Phi) is 23.9. The van der Waals surface area contributed by atoms with Crippen LogP contribution in [0.4, 0.5) is 5.82 Å². The van der Waals surface area contributed by atoms with Crippen molar-refractivity contribution in [3.8, 4) is 0 Å². The number of pyridine rings is 1. The van der Waals surface area contributed by atoms with Crippen LogP contribution in [0.1, 0.15) is 74.9 Å². The molecule has 0 amide bonds. The van der Waals surface area contributed by atoms with Crippen molar-refractivity contribution in [1.29, 1.82) is 0 Å². The Bertz CT molecular complexity index is 1560. The quantitative estimate of drug-likeness (QED) is 0.0775. The number of aromatic nitrogens is 3. The molecule has 16 heteroatoms. The van der Waals surface area contributed by atoms with Gasteiger partial charge in [0.15, 0.2) is 5.82 Å². The minimum Gasteiger partial charge on any atom is -0.382 e. The van der Waals surface area contributed by atoms with Gasteiger partial charge in [-0.1, -0.05) is 13.3 Å². The van der Waals surface area contributed by atoms with Crippen LogP contribution in [0.25, 0.3) is 21.3 Å². The molecule has 3 aromatic rings. The molecule has 0 aromatic carbocycles. The molecular formula is C44H77N7O8S. The molecule has 2 aliphatic heterocycles. The van der Waals surface area contributed by atoms with Crippen LogP contribution >= 0.6 is 11.3 Å². The monoisotopic (exact) mass is 864 g/mol. The van der Waals surface area contributed by atoms with Gasteiger partial charge in [0.2, 0.25) is 0 Å². The van der Waals surface area contributed by atoms with E-state index in [1.165, 1.54) is 46.6 Å². The predicted molar refractivity (Wildman–Crippen MR) is 239 cm³/mol. The van der Waals surface area contributed by atoms with Gasteiger partial charge in [0.05, 0.1) is 115 Å². The van der Waals surface area contributed by atoms with Crippen LogP contribution in [-0.2, 0) is 50.9 Å². The molecule has 2 aliphatic rings. The lowest BCUT2D eigenvalue weighted by molar-refractivity contribution is -0.0236. The minimum atomic E-state index is 0.527. The highest BCUT2D eigenvalue weighted by Gasteiger charge is 2.26. The Labute approximate surface area is 363 Å². The van der Waals surface area contributed by atoms with Gasteiger partial charge >= 0.3 is 0 Å². The molecule has 0 unspecified atom stereocenters. The molecule has 0 bridgehead atoms. The molecule has 3 aromatic heterocycles. The first kappa shape index (κ1) is 49.0. The number of unbranched alkanes of at least 4 members (excludes halogenated alkanes) is 2. The number of nitrogens with two attached hydrogens (primary N) is 2. The van der Waals surface area contributed by atoms with E-state index in [0.29, 0.717) is 117 Å². The molecular weight excluding hydrogens is 787 g/mol. The van der Waals surface area contributed by atoms with E-state index in [1.807, 2.05) is 11.3 Å². The van der Waals surface area contributed by atoms with Crippen LogP contribution < -0.4 is 11.5 Å². The lowest BCUT2D eigenvalue weighted by Gasteiger charge is -2.32. The smallest absolute Gasteiger partial charge is 0.152 e. The van der Waals surface area contributed by atoms with Crippen LogP contribution in [0.3, 0.4) is 0 Å². The average molecular weight is 864 g/mol. The lowest BCUT2D eigenvalue weighted by Crippen LogP contribution is -2.37. The van der Waals surface area contributed by atoms with Crippen molar-refractivity contribution < 1.29 is 37.9 Å². The van der Waals surface area contributed by atoms with Gasteiger partial charge in [-0.2, -0.15) is 0 Å². The zero-order valence-corrected chi connectivity index (χ0v) is 37.7. The third kappa shape index (κ3) is 17.2. The second-order valence-corrected chi connectivity index (χ2v) is 17.1. The highest BCUT2D eigenvalue weighted by Crippen LogP contribution is 2.40. The lowest BCUT2D eigenvalue weighted by atomic mass is 9.95. The van der Waals surface area contributed by atoms with Gasteiger partial charge in [0.25, 0.3) is 0 Å². The summed E-state index contributed by atoms with van der Waals surface area (Å²) in [6.07, 6.45) is 9.99. The number of fused-ring (bicyclic) bond motifs is 3. The maximum atomic E-state index is 6.61. The van der Waals surface area contributed by atoms with E-state index >= 15 is 0 Å². The van der Waals surface area contributed by atoms with Crippen molar-refractivity contribution in [2.75, 3.05) is 158 Å². The minimum absolute atomic E-state index is 0.527. The molecule has 60 heavy (non-hydrogen) atoms. The van der Waals surface area contributed by atoms with E-state index in [4.69, 9.17) is 59.3 Å². The summed E-state index contributed by atoms with van der Waals surface area (Å²) in [4.78, 5) is 16.5. The number of likely N-dealkylation sites (tertiary alicyclic amines) is 2. The summed E-state index contributed by atoms with van der Waals surface area (Å²) < 4.78 is 48.5. The van der Waals surface area contributed by atoms with Crippen molar-refractivity contribution in [3.05, 3.63) is 16.8 Å². The summed E-state index contributed by atoms with van der Waals surface area (Å²) in [6, 6.07) is 2.32. The predicted octanol–water partition coefficient (Wildman–Crippen LogP) is 4.96. The number of rotatable bonds is 34. The SMILES string of the molecule is CCCCc1nc2c(N)nc3cc(C4CCN(C)CC4)sc3c2n1CC1CCN(CCOCCOCCOCCOCCOCCOCCOCCOCCCCN)CC1. The normalized spacial score (nSPS) is 16.3. The van der Waals surface area contributed by atoms with Gasteiger partial charge in [-0.25, -0.2) is 9.97 Å². The van der Waals surface area contributed by atoms with Crippen LogP contribution in [-0.4, -0.2) is 176 Å². The fourth-order valence-corrected chi connectivity index (χ4v) is 9.12. The Morgan fingerprint density at radius 2 is 1.20 bits per heavy atom. The zero-order valence-electron chi connectivity index (χ0n) is 36.9. The maximum absolute atomic E-state index is 6.61. The van der Waals surface area contributed by atoms with Crippen molar-refractivity contribution in [3.63, 3.8) is 0 Å². The number of nitrogen functional groups attached to an aromatic ring is 1. The molecule has 5 heterocycles. The molecule has 2 saturated heterocycles. The van der Waals surface area contributed by atoms with Gasteiger partial charge in [0, 0.05) is 31.0 Å². The molecule has 0 saturated carbocycles. The second-order valence-electron chi connectivity index (χ2n) is 16.1. The summed E-state index contributed by atoms with van der Waals surface area (Å²) >= 11 is 1.93. The summed E-state index contributed by atoms with van der Waals surface area (Å²) in [5, 5.41) is 0. The Balaban J connectivity index is 0.853. The average Bonchev–Trinajstić information content (AvgIpc) is 3.85. The fourth-order valence-electron chi connectivity index (χ4n) is 7.79. The molecule has 0 aliphatic carbocycles. The number of anilines is 1. The standard InChI is InChI=1S/C44H77N7O8S/c1-3-4-7-40-48-41-42(43-38(47-44(41)46)34-39(60-43)37-10-13-49(2)14-11-37)51(40)35-36-8-15-50(16-9-36)17-19-53-21-23-55-25-27-57-29-31-59-33-32-58-30-28-56-26-24-54-22-20-52-18-6-5-12-45/h34,36-37H,3-33,35,45H2,1-2H3,(H2,46,47). The highest BCUT2D eigenvalue weighted by molar-refractivity contribution is 7.20. The highest BCUT2D eigenvalue weighted by atomic mass is 32.1. The maximum Gasteiger partial charge on any atom is 0.152 e. The number of aryl methyl sites for hydroxylation is 1. The van der Waals surface area contributed by atoms with Crippen molar-refractivity contribution in [2.45, 2.75) is 77.2 Å². The van der Waals surface area contributed by atoms with Crippen LogP contribution in [0.2, 0.25) is 0 Å². The Hall–Kier alpha value is -2.06. The Morgan fingerprint density at radius 3 is 1.73 bits per heavy atom. The van der Waals surface area contributed by atoms with Crippen molar-refractivity contribution >= 4 is 38.4 Å². The van der Waals surface area contributed by atoms with Crippen molar-refractivity contribution in [2.24, 2.45) is 11.7 Å². The number of hydrogen-bond acceptors (Lipinski definition) is 15. The van der Waals surface area contributed by atoms with Gasteiger partial charge < -0.3 is 63.7 Å². The number of thiophene rings is 1. The molecule has 0 radical (unpaired) electrons. The van der Waals surface area contributed by atoms with E-state index in [2.05, 4.69) is 34.4 Å². The first-order valence-electron chi connectivity index (χ1n) is 22.9. The number of hydrogen-bond donors (Lipinski definition) is 2. The largest absolute Gasteiger partial charge is 0.382 e. The Morgan fingerprint density at radius 1 is 0.667 bits per heavy atom. The molecule has 2 fully saturated rings. The number of ether oxygens (including phenoxy) is 8. The van der Waals surface area contributed by atoms with Crippen LogP contribution in [0.5, 0.6) is 0 Å². The summed E-state index contributed by atoms with van der Waals surface area (Å²) in [6.45, 7) is 18.5. The van der Waals surface area contributed by atoms with Gasteiger partial charge in [-0.05, 0) is 103 Å². The van der Waals surface area contributed by atoms with Gasteiger partial charge in [-0.3, -0.25) is 0 Å². The second kappa shape index (κ2) is 29.3. The van der Waals surface area contributed by atoms with E-state index in [9.17, 15) is 0 Å². The summed E-state index contributed by atoms with van der Waals surface area (Å²) in [7, 11) is 2.22. The van der Waals surface area contributed by atoms with E-state index in [-0.39, 0.29) is 0 Å². The first-order valence-corrected chi connectivity index (χ1v) is 23.7. The van der Waals surface area contributed by atoms with Crippen LogP contribution in [0, 0.1) is 5.92 Å². The third-order valence-electron chi connectivity index (χ3n) is 11.4. The molecule has 342 valence electrons. The van der Waals surface area contributed by atoms with E-state index in [0.717, 1.165) is 95.6 Å². The summed E-state index contributed by atoms with van der Waals surface area (Å²) in [5.74, 6) is 2.95. The zero-order chi connectivity index (χ0) is 42.0. The third-order valence-corrected chi connectivity index (χ3v) is 12.7. The number of imidazole rings is 1. The van der Waals surface area contributed by atoms with E-state index in [1.54, 1.807) is 0 Å².